The lowest BCUT2D eigenvalue weighted by atomic mass is 9.94. The molecule has 0 saturated carbocycles. The summed E-state index contributed by atoms with van der Waals surface area (Å²) in [6, 6.07) is 1.36. The molecule has 15 atom stereocenters. The van der Waals surface area contributed by atoms with E-state index in [1.165, 1.54) is 20.8 Å². The lowest BCUT2D eigenvalue weighted by molar-refractivity contribution is -0.365. The maximum Gasteiger partial charge on any atom is 0.217 e. The lowest BCUT2D eigenvalue weighted by Gasteiger charge is -2.50. The molecule has 48 heavy (non-hydrogen) atoms. The van der Waals surface area contributed by atoms with E-state index in [-0.39, 0.29) is 6.61 Å². The number of aliphatic hydroxyl groups is 7. The van der Waals surface area contributed by atoms with E-state index < -0.39 is 125 Å². The van der Waals surface area contributed by atoms with Crippen LogP contribution in [0.1, 0.15) is 41.5 Å². The van der Waals surface area contributed by atoms with Gasteiger partial charge < -0.3 is 74.8 Å². The Hall–Kier alpha value is -1.36. The zero-order valence-corrected chi connectivity index (χ0v) is 29.5. The van der Waals surface area contributed by atoms with Crippen molar-refractivity contribution in [3.8, 4) is 0 Å². The molecule has 0 bridgehead atoms. The van der Waals surface area contributed by atoms with Crippen molar-refractivity contribution < 1.29 is 73.8 Å². The van der Waals surface area contributed by atoms with Gasteiger partial charge in [-0.05, 0) is 13.0 Å². The van der Waals surface area contributed by atoms with Gasteiger partial charge in [-0.1, -0.05) is 38.9 Å². The number of hydrogen-bond donors (Lipinski definition) is 9. The molecule has 0 aromatic rings. The van der Waals surface area contributed by atoms with Crippen LogP contribution >= 0.6 is 0 Å². The summed E-state index contributed by atoms with van der Waals surface area (Å²) in [4.78, 5) is 24.7. The predicted octanol–water partition coefficient (Wildman–Crippen LogP) is -2.72. The van der Waals surface area contributed by atoms with Crippen molar-refractivity contribution >= 4 is 19.9 Å². The molecule has 18 heteroatoms. The predicted molar refractivity (Wildman–Crippen MR) is 169 cm³/mol. The fourth-order valence-electron chi connectivity index (χ4n) is 6.60. The van der Waals surface area contributed by atoms with Crippen molar-refractivity contribution in [3.63, 3.8) is 0 Å². The first-order valence-corrected chi connectivity index (χ1v) is 19.5. The summed E-state index contributed by atoms with van der Waals surface area (Å²) in [7, 11) is -1.64. The average molecular weight is 713 g/mol. The van der Waals surface area contributed by atoms with Gasteiger partial charge >= 0.3 is 0 Å². The van der Waals surface area contributed by atoms with Gasteiger partial charge in [0, 0.05) is 20.5 Å². The van der Waals surface area contributed by atoms with Crippen LogP contribution in [0.4, 0.5) is 0 Å². The van der Waals surface area contributed by atoms with E-state index >= 15 is 0 Å². The summed E-state index contributed by atoms with van der Waals surface area (Å²) in [5, 5.41) is 78.6. The van der Waals surface area contributed by atoms with E-state index in [4.69, 9.17) is 28.4 Å². The Kier molecular flexibility index (Phi) is 15.6. The normalized spacial score (nSPS) is 40.7. The smallest absolute Gasteiger partial charge is 0.217 e. The van der Waals surface area contributed by atoms with E-state index in [0.29, 0.717) is 0 Å². The molecule has 3 saturated heterocycles. The molecule has 0 aromatic heterocycles. The second-order valence-corrected chi connectivity index (χ2v) is 18.6. The Balaban J connectivity index is 2.04. The number of rotatable bonds is 15. The van der Waals surface area contributed by atoms with Crippen molar-refractivity contribution in [2.45, 2.75) is 158 Å². The standard InChI is InChI=1S/C30H56N2O15Si/c1-7-48(8-2,9-3)11-10-42-28-20(32-16(6)36)27(47-30-25(41)24(40)21(37)14(4)43-30)26(18(13-34)45-28)46-29-19(31-15(5)35)23(39)22(38)17(12-33)44-29/h14,17-30,33-34,37-41H,7-13H2,1-6H3,(H,31,35)(H,32,36)/t14-,17+,18+,19+,20+,21+,22-,23+,24+,25-,26+,27+,28+,29-,30-/m0/s1. The first-order valence-electron chi connectivity index (χ1n) is 16.7. The third-order valence-electron chi connectivity index (χ3n) is 10.0. The molecule has 3 heterocycles. The number of aliphatic hydroxyl groups excluding tert-OH is 7. The van der Waals surface area contributed by atoms with Gasteiger partial charge in [-0.2, -0.15) is 0 Å². The monoisotopic (exact) mass is 712 g/mol. The Morgan fingerprint density at radius 2 is 1.21 bits per heavy atom. The molecule has 0 aromatic carbocycles. The van der Waals surface area contributed by atoms with E-state index in [9.17, 15) is 45.3 Å². The van der Waals surface area contributed by atoms with Gasteiger partial charge in [-0.3, -0.25) is 9.59 Å². The highest BCUT2D eigenvalue weighted by Gasteiger charge is 2.55. The molecule has 3 fully saturated rings. The van der Waals surface area contributed by atoms with Crippen molar-refractivity contribution in [2.24, 2.45) is 0 Å². The fraction of sp³-hybridized carbons (Fsp3) is 0.933. The van der Waals surface area contributed by atoms with Gasteiger partial charge in [0.05, 0.1) is 27.4 Å². The van der Waals surface area contributed by atoms with Crippen molar-refractivity contribution in [1.82, 2.24) is 10.6 Å². The molecule has 3 aliphatic rings. The fourth-order valence-corrected chi connectivity index (χ4v) is 9.71. The molecular weight excluding hydrogens is 656 g/mol. The van der Waals surface area contributed by atoms with Crippen LogP contribution in [-0.4, -0.2) is 167 Å². The molecule has 0 spiro atoms. The molecule has 0 radical (unpaired) electrons. The van der Waals surface area contributed by atoms with Gasteiger partial charge in [0.2, 0.25) is 11.8 Å². The van der Waals surface area contributed by atoms with E-state index in [1.54, 1.807) is 0 Å². The summed E-state index contributed by atoms with van der Waals surface area (Å²) < 4.78 is 36.4. The number of carbonyl (C=O) groups excluding carboxylic acids is 2. The van der Waals surface area contributed by atoms with Crippen LogP contribution in [0, 0.1) is 0 Å². The maximum atomic E-state index is 12.6. The molecular formula is C30H56N2O15Si. The van der Waals surface area contributed by atoms with Crippen molar-refractivity contribution in [3.05, 3.63) is 0 Å². The molecule has 3 rings (SSSR count). The molecule has 0 unspecified atom stereocenters. The van der Waals surface area contributed by atoms with Gasteiger partial charge in [0.25, 0.3) is 0 Å². The second-order valence-electron chi connectivity index (χ2n) is 12.9. The summed E-state index contributed by atoms with van der Waals surface area (Å²) in [6.07, 6.45) is -18.9. The zero-order valence-electron chi connectivity index (χ0n) is 28.5. The summed E-state index contributed by atoms with van der Waals surface area (Å²) in [5.74, 6) is -1.13. The van der Waals surface area contributed by atoms with Gasteiger partial charge in [0.15, 0.2) is 18.9 Å². The highest BCUT2D eigenvalue weighted by atomic mass is 28.3. The lowest BCUT2D eigenvalue weighted by Crippen LogP contribution is -2.70. The topological polar surface area (TPSA) is 255 Å². The summed E-state index contributed by atoms with van der Waals surface area (Å²) in [5.41, 5.74) is 0. The van der Waals surface area contributed by atoms with Crippen molar-refractivity contribution in [2.75, 3.05) is 19.8 Å². The van der Waals surface area contributed by atoms with Crippen LogP contribution in [0.25, 0.3) is 0 Å². The quantitative estimate of drug-likeness (QED) is 0.0782. The molecule has 9 N–H and O–H groups in total. The molecule has 17 nitrogen and oxygen atoms in total. The number of hydrogen-bond acceptors (Lipinski definition) is 15. The highest BCUT2D eigenvalue weighted by molar-refractivity contribution is 6.79. The maximum absolute atomic E-state index is 12.6. The highest BCUT2D eigenvalue weighted by Crippen LogP contribution is 2.34. The van der Waals surface area contributed by atoms with Crippen LogP contribution in [0.5, 0.6) is 0 Å². The molecule has 0 aliphatic carbocycles. The number of nitrogens with one attached hydrogen (secondary N) is 2. The number of carbonyl (C=O) groups is 2. The van der Waals surface area contributed by atoms with Crippen LogP contribution in [0.2, 0.25) is 24.2 Å². The Morgan fingerprint density at radius 1 is 0.667 bits per heavy atom. The average Bonchev–Trinajstić information content (AvgIpc) is 3.05. The minimum Gasteiger partial charge on any atom is -0.394 e. The van der Waals surface area contributed by atoms with Crippen LogP contribution in [0.3, 0.4) is 0 Å². The number of ether oxygens (including phenoxy) is 6. The second kappa shape index (κ2) is 18.2. The van der Waals surface area contributed by atoms with Gasteiger partial charge in [0.1, 0.15) is 67.0 Å². The Bertz CT molecular complexity index is 1020. The zero-order chi connectivity index (χ0) is 35.9. The van der Waals surface area contributed by atoms with E-state index in [1.807, 2.05) is 0 Å². The third kappa shape index (κ3) is 9.49. The molecule has 280 valence electrons. The van der Waals surface area contributed by atoms with Crippen LogP contribution in [0.15, 0.2) is 0 Å². The molecule has 2 amide bonds. The first-order chi connectivity index (χ1) is 22.7. The minimum absolute atomic E-state index is 0.266. The SMILES string of the molecule is CC[Si](CC)(CC)CCO[C@@H]1O[C@H](CO)[C@@H](O[C@@H]2O[C@H](CO)[C@H](O)[C@H](O)[C@H]2NC(C)=O)[C@H](O[C@@H]2O[C@@H](C)[C@@H](O)[C@@H](O)[C@@H]2O)[C@H]1NC(C)=O. The largest absolute Gasteiger partial charge is 0.394 e. The van der Waals surface area contributed by atoms with Gasteiger partial charge in [-0.15, -0.1) is 0 Å². The van der Waals surface area contributed by atoms with Gasteiger partial charge in [-0.25, -0.2) is 0 Å². The minimum atomic E-state index is -1.76. The van der Waals surface area contributed by atoms with Crippen LogP contribution < -0.4 is 10.6 Å². The summed E-state index contributed by atoms with van der Waals surface area (Å²) in [6.45, 7) is 9.21. The third-order valence-corrected chi connectivity index (χ3v) is 15.8. The van der Waals surface area contributed by atoms with E-state index in [2.05, 4.69) is 31.4 Å². The van der Waals surface area contributed by atoms with E-state index in [0.717, 1.165) is 24.2 Å². The van der Waals surface area contributed by atoms with Crippen LogP contribution in [-0.2, 0) is 38.0 Å². The summed E-state index contributed by atoms with van der Waals surface area (Å²) >= 11 is 0. The Morgan fingerprint density at radius 3 is 1.75 bits per heavy atom. The molecule has 3 aliphatic heterocycles. The van der Waals surface area contributed by atoms with Crippen molar-refractivity contribution in [1.29, 1.82) is 0 Å². The number of amides is 2. The Labute approximate surface area is 281 Å². The first kappa shape index (κ1) is 41.1.